The Morgan fingerprint density at radius 3 is 2.10 bits per heavy atom. The lowest BCUT2D eigenvalue weighted by Crippen LogP contribution is -2.25. The van der Waals surface area contributed by atoms with E-state index < -0.39 is 0 Å². The average molecular weight is 552 g/mol. The van der Waals surface area contributed by atoms with Gasteiger partial charge < -0.3 is 18.8 Å². The van der Waals surface area contributed by atoms with Gasteiger partial charge in [0.25, 0.3) is 5.24 Å². The number of amides is 2. The van der Waals surface area contributed by atoms with E-state index in [2.05, 4.69) is 5.32 Å². The van der Waals surface area contributed by atoms with Crippen molar-refractivity contribution in [1.82, 2.24) is 14.9 Å². The summed E-state index contributed by atoms with van der Waals surface area (Å²) >= 11 is 1.03. The number of fused-ring (bicyclic) bond motifs is 1. The molecule has 0 bridgehead atoms. The summed E-state index contributed by atoms with van der Waals surface area (Å²) in [6.45, 7) is 0.291. The Kier molecular flexibility index (Phi) is 7.11. The first kappa shape index (κ1) is 25.5. The number of carbonyl (C=O) groups is 2. The number of thioether (sulfide) groups is 1. The highest BCUT2D eigenvalue weighted by Gasteiger charge is 2.31. The van der Waals surface area contributed by atoms with Gasteiger partial charge >= 0.3 is 0 Å². The molecule has 2 amide bonds. The molecule has 1 N–H and O–H groups in total. The first-order valence-corrected chi connectivity index (χ1v) is 13.6. The summed E-state index contributed by atoms with van der Waals surface area (Å²) in [7, 11) is 1.95. The second-order valence-electron chi connectivity index (χ2n) is 9.25. The number of hydrogen-bond donors (Lipinski definition) is 1. The highest BCUT2D eigenvalue weighted by Crippen LogP contribution is 2.29. The second-order valence-corrected chi connectivity index (χ2v) is 10.4. The maximum absolute atomic E-state index is 11.8. The van der Waals surface area contributed by atoms with Gasteiger partial charge in [-0.25, -0.2) is 4.98 Å². The molecule has 1 fully saturated rings. The van der Waals surface area contributed by atoms with Crippen LogP contribution in [0, 0.1) is 0 Å². The minimum Gasteiger partial charge on any atom is -0.486 e. The van der Waals surface area contributed by atoms with E-state index in [1.54, 1.807) is 0 Å². The van der Waals surface area contributed by atoms with Gasteiger partial charge in [-0.2, -0.15) is 0 Å². The van der Waals surface area contributed by atoms with Crippen molar-refractivity contribution in [2.45, 2.75) is 18.3 Å². The summed E-state index contributed by atoms with van der Waals surface area (Å²) in [6, 6.07) is 30.4. The second kappa shape index (κ2) is 11.2. The predicted molar refractivity (Wildman–Crippen MR) is 153 cm³/mol. The molecule has 1 aromatic heterocycles. The van der Waals surface area contributed by atoms with Crippen molar-refractivity contribution in [3.63, 3.8) is 0 Å². The molecule has 4 aromatic carbocycles. The molecule has 0 saturated carbocycles. The quantitative estimate of drug-likeness (QED) is 0.220. The number of nitrogens with one attached hydrogen (secondary N) is 1. The lowest BCUT2D eigenvalue weighted by atomic mass is 10.1. The Hall–Kier alpha value is -4.76. The molecule has 1 aliphatic rings. The van der Waals surface area contributed by atoms with Crippen molar-refractivity contribution in [2.75, 3.05) is 0 Å². The van der Waals surface area contributed by atoms with Crippen LogP contribution >= 0.6 is 11.8 Å². The zero-order valence-electron chi connectivity index (χ0n) is 21.6. The third kappa shape index (κ3) is 5.79. The minimum absolute atomic E-state index is 0.239. The number of aromatic nitrogens is 2. The molecule has 1 saturated heterocycles. The van der Waals surface area contributed by atoms with Gasteiger partial charge in [-0.1, -0.05) is 42.1 Å². The molecule has 1 unspecified atom stereocenters. The summed E-state index contributed by atoms with van der Waals surface area (Å²) < 4.78 is 19.9. The van der Waals surface area contributed by atoms with Crippen LogP contribution < -0.4 is 19.5 Å². The Morgan fingerprint density at radius 1 is 0.800 bits per heavy atom. The third-order valence-electron chi connectivity index (χ3n) is 6.46. The van der Waals surface area contributed by atoms with Gasteiger partial charge in [-0.3, -0.25) is 14.9 Å². The molecule has 0 radical (unpaired) electrons. The van der Waals surface area contributed by atoms with Gasteiger partial charge in [0, 0.05) is 13.1 Å². The van der Waals surface area contributed by atoms with Crippen molar-refractivity contribution in [2.24, 2.45) is 7.05 Å². The van der Waals surface area contributed by atoms with Gasteiger partial charge in [0.05, 0.1) is 16.3 Å². The molecular weight excluding hydrogens is 526 g/mol. The predicted octanol–water partition coefficient (Wildman–Crippen LogP) is 6.63. The fourth-order valence-electron chi connectivity index (χ4n) is 4.36. The summed E-state index contributed by atoms with van der Waals surface area (Å²) in [6.07, 6.45) is 0.489. The number of hydrogen-bond acceptors (Lipinski definition) is 7. The summed E-state index contributed by atoms with van der Waals surface area (Å²) in [5.74, 6) is 4.14. The Morgan fingerprint density at radius 2 is 1.43 bits per heavy atom. The van der Waals surface area contributed by atoms with Crippen LogP contribution in [-0.2, 0) is 24.9 Å². The lowest BCUT2D eigenvalue weighted by molar-refractivity contribution is -0.118. The van der Waals surface area contributed by atoms with E-state index in [0.29, 0.717) is 30.3 Å². The van der Waals surface area contributed by atoms with Crippen molar-refractivity contribution >= 4 is 33.9 Å². The molecule has 5 aromatic rings. The SMILES string of the molecule is Cn1c(COc2ccc(CC3SC(=O)NC3=O)cc2)nc2ccc(Oc3ccc(Oc4ccccc4)cc3)cc21. The fourth-order valence-corrected chi connectivity index (χ4v) is 5.22. The van der Waals surface area contributed by atoms with Gasteiger partial charge in [0.1, 0.15) is 41.2 Å². The zero-order valence-corrected chi connectivity index (χ0v) is 22.4. The number of imide groups is 1. The van der Waals surface area contributed by atoms with Crippen LogP contribution in [0.3, 0.4) is 0 Å². The van der Waals surface area contributed by atoms with Gasteiger partial charge in [-0.15, -0.1) is 0 Å². The third-order valence-corrected chi connectivity index (χ3v) is 7.44. The minimum atomic E-state index is -0.388. The van der Waals surface area contributed by atoms with Crippen LogP contribution in [-0.4, -0.2) is 25.9 Å². The molecule has 40 heavy (non-hydrogen) atoms. The highest BCUT2D eigenvalue weighted by atomic mass is 32.2. The zero-order chi connectivity index (χ0) is 27.5. The monoisotopic (exact) mass is 551 g/mol. The lowest BCUT2D eigenvalue weighted by Gasteiger charge is -2.09. The molecule has 1 aliphatic heterocycles. The molecular formula is C31H25N3O5S. The summed E-state index contributed by atoms with van der Waals surface area (Å²) in [5.41, 5.74) is 2.73. The smallest absolute Gasteiger partial charge is 0.286 e. The van der Waals surface area contributed by atoms with Crippen LogP contribution in [0.2, 0.25) is 0 Å². The van der Waals surface area contributed by atoms with Crippen LogP contribution in [0.25, 0.3) is 11.0 Å². The van der Waals surface area contributed by atoms with Crippen molar-refractivity contribution in [3.05, 3.63) is 108 Å². The van der Waals surface area contributed by atoms with Gasteiger partial charge in [-0.05, 0) is 72.6 Å². The molecule has 6 rings (SSSR count). The van der Waals surface area contributed by atoms with Gasteiger partial charge in [0.15, 0.2) is 0 Å². The van der Waals surface area contributed by atoms with Crippen molar-refractivity contribution in [3.8, 4) is 28.7 Å². The molecule has 9 heteroatoms. The number of benzene rings is 4. The number of para-hydroxylation sites is 1. The van der Waals surface area contributed by atoms with E-state index in [4.69, 9.17) is 19.2 Å². The summed E-state index contributed by atoms with van der Waals surface area (Å²) in [4.78, 5) is 27.9. The average Bonchev–Trinajstić information content (AvgIpc) is 3.46. The van der Waals surface area contributed by atoms with E-state index in [9.17, 15) is 9.59 Å². The molecule has 0 spiro atoms. The van der Waals surface area contributed by atoms with E-state index in [-0.39, 0.29) is 16.4 Å². The maximum atomic E-state index is 11.8. The van der Waals surface area contributed by atoms with E-state index in [1.165, 1.54) is 0 Å². The van der Waals surface area contributed by atoms with Crippen LogP contribution in [0.15, 0.2) is 97.1 Å². The number of carbonyl (C=O) groups excluding carboxylic acids is 2. The van der Waals surface area contributed by atoms with Crippen LogP contribution in [0.4, 0.5) is 4.79 Å². The van der Waals surface area contributed by atoms with E-state index >= 15 is 0 Å². The normalized spacial score (nSPS) is 14.8. The van der Waals surface area contributed by atoms with E-state index in [1.807, 2.05) is 109 Å². The first-order valence-electron chi connectivity index (χ1n) is 12.7. The molecule has 2 heterocycles. The molecule has 200 valence electrons. The first-order chi connectivity index (χ1) is 19.5. The summed E-state index contributed by atoms with van der Waals surface area (Å²) in [5, 5.41) is 1.64. The van der Waals surface area contributed by atoms with Crippen LogP contribution in [0.5, 0.6) is 28.7 Å². The largest absolute Gasteiger partial charge is 0.486 e. The highest BCUT2D eigenvalue weighted by molar-refractivity contribution is 8.15. The standard InChI is InChI=1S/C31H25N3O5S/c1-34-27-18-25(39-24-13-11-23(12-14-24)38-22-5-3-2-4-6-22)15-16-26(27)32-29(34)19-37-21-9-7-20(8-10-21)17-28-30(35)33-31(36)40-28/h2-16,18,28H,17,19H2,1H3,(H,33,35,36). The number of imidazole rings is 1. The Labute approximate surface area is 234 Å². The van der Waals surface area contributed by atoms with Crippen LogP contribution in [0.1, 0.15) is 11.4 Å². The fraction of sp³-hybridized carbons (Fsp3) is 0.129. The Balaban J connectivity index is 1.08. The number of aryl methyl sites for hydroxylation is 1. The molecule has 0 aliphatic carbocycles. The number of rotatable bonds is 9. The topological polar surface area (TPSA) is 91.7 Å². The van der Waals surface area contributed by atoms with Gasteiger partial charge in [0.2, 0.25) is 5.91 Å². The number of ether oxygens (including phenoxy) is 3. The molecule has 8 nitrogen and oxygen atoms in total. The van der Waals surface area contributed by atoms with E-state index in [0.717, 1.165) is 45.7 Å². The number of nitrogens with zero attached hydrogens (tertiary/aromatic N) is 2. The van der Waals surface area contributed by atoms with Crippen molar-refractivity contribution in [1.29, 1.82) is 0 Å². The van der Waals surface area contributed by atoms with Crippen molar-refractivity contribution < 1.29 is 23.8 Å². The Bertz CT molecular complexity index is 1670. The molecule has 1 atom stereocenters. The maximum Gasteiger partial charge on any atom is 0.286 e.